The SMILES string of the molecule is C[C@H]1CCCCN1Cc1ccc(C#N)cc1. The molecular formula is C14H18N2. The van der Waals surface area contributed by atoms with Gasteiger partial charge in [-0.15, -0.1) is 0 Å². The van der Waals surface area contributed by atoms with E-state index in [9.17, 15) is 0 Å². The first-order valence-corrected chi connectivity index (χ1v) is 6.02. The van der Waals surface area contributed by atoms with Crippen molar-refractivity contribution in [3.05, 3.63) is 35.4 Å². The average Bonchev–Trinajstić information content (AvgIpc) is 2.33. The molecule has 1 aromatic carbocycles. The molecular weight excluding hydrogens is 196 g/mol. The third-order valence-corrected chi connectivity index (χ3v) is 3.41. The maximum Gasteiger partial charge on any atom is 0.0991 e. The van der Waals surface area contributed by atoms with Crippen LogP contribution in [0.2, 0.25) is 0 Å². The van der Waals surface area contributed by atoms with Gasteiger partial charge in [-0.1, -0.05) is 18.6 Å². The van der Waals surface area contributed by atoms with Crippen LogP contribution in [0.4, 0.5) is 0 Å². The summed E-state index contributed by atoms with van der Waals surface area (Å²) in [4.78, 5) is 2.53. The van der Waals surface area contributed by atoms with Gasteiger partial charge in [-0.3, -0.25) is 4.90 Å². The first kappa shape index (κ1) is 11.2. The van der Waals surface area contributed by atoms with Gasteiger partial charge in [0.05, 0.1) is 11.6 Å². The fraction of sp³-hybridized carbons (Fsp3) is 0.500. The Morgan fingerprint density at radius 3 is 2.69 bits per heavy atom. The van der Waals surface area contributed by atoms with E-state index in [-0.39, 0.29) is 0 Å². The van der Waals surface area contributed by atoms with Crippen LogP contribution >= 0.6 is 0 Å². The van der Waals surface area contributed by atoms with Gasteiger partial charge in [0.1, 0.15) is 0 Å². The quantitative estimate of drug-likeness (QED) is 0.757. The summed E-state index contributed by atoms with van der Waals surface area (Å²) in [5.41, 5.74) is 2.06. The lowest BCUT2D eigenvalue weighted by molar-refractivity contribution is 0.152. The fourth-order valence-corrected chi connectivity index (χ4v) is 2.31. The minimum absolute atomic E-state index is 0.699. The summed E-state index contributed by atoms with van der Waals surface area (Å²) in [6, 6.07) is 10.8. The second kappa shape index (κ2) is 5.14. The van der Waals surface area contributed by atoms with Crippen molar-refractivity contribution < 1.29 is 0 Å². The summed E-state index contributed by atoms with van der Waals surface area (Å²) in [6.07, 6.45) is 4.00. The molecule has 0 spiro atoms. The molecule has 0 amide bonds. The summed E-state index contributed by atoms with van der Waals surface area (Å²) in [6.45, 7) is 4.54. The Labute approximate surface area is 97.5 Å². The summed E-state index contributed by atoms with van der Waals surface area (Å²) in [5.74, 6) is 0. The zero-order chi connectivity index (χ0) is 11.4. The summed E-state index contributed by atoms with van der Waals surface area (Å²) >= 11 is 0. The molecule has 0 saturated carbocycles. The van der Waals surface area contributed by atoms with E-state index in [4.69, 9.17) is 5.26 Å². The lowest BCUT2D eigenvalue weighted by atomic mass is 10.0. The molecule has 1 saturated heterocycles. The second-order valence-electron chi connectivity index (χ2n) is 4.62. The molecule has 1 aliphatic rings. The second-order valence-corrected chi connectivity index (χ2v) is 4.62. The van der Waals surface area contributed by atoms with Crippen LogP contribution in [0.25, 0.3) is 0 Å². The Hall–Kier alpha value is -1.33. The molecule has 0 aliphatic carbocycles. The lowest BCUT2D eigenvalue weighted by Crippen LogP contribution is -2.36. The van der Waals surface area contributed by atoms with Crippen LogP contribution in [0, 0.1) is 11.3 Å². The minimum atomic E-state index is 0.699. The van der Waals surface area contributed by atoms with Gasteiger partial charge in [-0.05, 0) is 44.0 Å². The molecule has 0 radical (unpaired) electrons. The Balaban J connectivity index is 2.00. The van der Waals surface area contributed by atoms with Gasteiger partial charge in [0.25, 0.3) is 0 Å². The van der Waals surface area contributed by atoms with Crippen molar-refractivity contribution in [2.45, 2.75) is 38.8 Å². The minimum Gasteiger partial charge on any atom is -0.296 e. The molecule has 1 heterocycles. The Bertz CT molecular complexity index is 375. The van der Waals surface area contributed by atoms with Crippen LogP contribution in [-0.2, 0) is 6.54 Å². The van der Waals surface area contributed by atoms with Gasteiger partial charge >= 0.3 is 0 Å². The molecule has 2 nitrogen and oxygen atoms in total. The fourth-order valence-electron chi connectivity index (χ4n) is 2.31. The first-order chi connectivity index (χ1) is 7.79. The molecule has 0 bridgehead atoms. The first-order valence-electron chi connectivity index (χ1n) is 6.02. The highest BCUT2D eigenvalue weighted by Gasteiger charge is 2.17. The van der Waals surface area contributed by atoms with Crippen molar-refractivity contribution in [3.63, 3.8) is 0 Å². The molecule has 1 aliphatic heterocycles. The van der Waals surface area contributed by atoms with Crippen LogP contribution in [-0.4, -0.2) is 17.5 Å². The molecule has 0 N–H and O–H groups in total. The van der Waals surface area contributed by atoms with Gasteiger partial charge in [-0.2, -0.15) is 5.26 Å². The molecule has 16 heavy (non-hydrogen) atoms. The Morgan fingerprint density at radius 2 is 2.06 bits per heavy atom. The normalized spacial score (nSPS) is 21.6. The van der Waals surface area contributed by atoms with E-state index in [0.29, 0.717) is 6.04 Å². The topological polar surface area (TPSA) is 27.0 Å². The smallest absolute Gasteiger partial charge is 0.0991 e. The van der Waals surface area contributed by atoms with Gasteiger partial charge < -0.3 is 0 Å². The predicted molar refractivity (Wildman–Crippen MR) is 64.9 cm³/mol. The van der Waals surface area contributed by atoms with Crippen LogP contribution < -0.4 is 0 Å². The monoisotopic (exact) mass is 214 g/mol. The van der Waals surface area contributed by atoms with Crippen molar-refractivity contribution >= 4 is 0 Å². The van der Waals surface area contributed by atoms with Gasteiger partial charge in [0.15, 0.2) is 0 Å². The van der Waals surface area contributed by atoms with Crippen LogP contribution in [0.1, 0.15) is 37.3 Å². The zero-order valence-corrected chi connectivity index (χ0v) is 9.82. The third-order valence-electron chi connectivity index (χ3n) is 3.41. The molecule has 2 heteroatoms. The van der Waals surface area contributed by atoms with E-state index >= 15 is 0 Å². The number of likely N-dealkylation sites (tertiary alicyclic amines) is 1. The summed E-state index contributed by atoms with van der Waals surface area (Å²) in [5, 5.41) is 8.73. The Morgan fingerprint density at radius 1 is 1.31 bits per heavy atom. The van der Waals surface area contributed by atoms with Crippen LogP contribution in [0.5, 0.6) is 0 Å². The van der Waals surface area contributed by atoms with Gasteiger partial charge in [-0.25, -0.2) is 0 Å². The van der Waals surface area contributed by atoms with Crippen molar-refractivity contribution in [1.29, 1.82) is 5.26 Å². The van der Waals surface area contributed by atoms with Crippen LogP contribution in [0.3, 0.4) is 0 Å². The van der Waals surface area contributed by atoms with E-state index in [0.717, 1.165) is 12.1 Å². The van der Waals surface area contributed by atoms with Crippen molar-refractivity contribution in [2.75, 3.05) is 6.54 Å². The summed E-state index contributed by atoms with van der Waals surface area (Å²) < 4.78 is 0. The number of hydrogen-bond acceptors (Lipinski definition) is 2. The number of benzene rings is 1. The molecule has 0 aromatic heterocycles. The highest BCUT2D eigenvalue weighted by Crippen LogP contribution is 2.19. The van der Waals surface area contributed by atoms with E-state index in [1.807, 2.05) is 12.1 Å². The maximum absolute atomic E-state index is 8.73. The standard InChI is InChI=1S/C14H18N2/c1-12-4-2-3-9-16(12)11-14-7-5-13(10-15)6-8-14/h5-8,12H,2-4,9,11H2,1H3/t12-/m0/s1. The number of hydrogen-bond donors (Lipinski definition) is 0. The van der Waals surface area contributed by atoms with Crippen molar-refractivity contribution in [1.82, 2.24) is 4.90 Å². The maximum atomic E-state index is 8.73. The Kier molecular flexibility index (Phi) is 3.58. The molecule has 1 atom stereocenters. The van der Waals surface area contributed by atoms with Crippen molar-refractivity contribution in [2.24, 2.45) is 0 Å². The largest absolute Gasteiger partial charge is 0.296 e. The molecule has 84 valence electrons. The predicted octanol–water partition coefficient (Wildman–Crippen LogP) is 2.93. The number of nitriles is 1. The number of piperidine rings is 1. The zero-order valence-electron chi connectivity index (χ0n) is 9.82. The van der Waals surface area contributed by atoms with E-state index < -0.39 is 0 Å². The average molecular weight is 214 g/mol. The number of nitrogens with zero attached hydrogens (tertiary/aromatic N) is 2. The highest BCUT2D eigenvalue weighted by molar-refractivity contribution is 5.31. The van der Waals surface area contributed by atoms with E-state index in [1.54, 1.807) is 0 Å². The molecule has 0 unspecified atom stereocenters. The number of rotatable bonds is 2. The van der Waals surface area contributed by atoms with Crippen molar-refractivity contribution in [3.8, 4) is 6.07 Å². The highest BCUT2D eigenvalue weighted by atomic mass is 15.2. The van der Waals surface area contributed by atoms with Gasteiger partial charge in [0.2, 0.25) is 0 Å². The molecule has 1 fully saturated rings. The lowest BCUT2D eigenvalue weighted by Gasteiger charge is -2.33. The van der Waals surface area contributed by atoms with E-state index in [2.05, 4.69) is 30.0 Å². The molecule has 2 rings (SSSR count). The van der Waals surface area contributed by atoms with E-state index in [1.165, 1.54) is 31.4 Å². The van der Waals surface area contributed by atoms with Crippen LogP contribution in [0.15, 0.2) is 24.3 Å². The molecule has 1 aromatic rings. The van der Waals surface area contributed by atoms with Gasteiger partial charge in [0, 0.05) is 12.6 Å². The summed E-state index contributed by atoms with van der Waals surface area (Å²) in [7, 11) is 0. The third kappa shape index (κ3) is 2.62.